The summed E-state index contributed by atoms with van der Waals surface area (Å²) in [7, 11) is 0. The number of rotatable bonds is 10. The Balaban J connectivity index is 2.61. The normalized spacial score (nSPS) is 13.6. The number of nitrogens with one attached hydrogen (secondary N) is 2. The average Bonchev–Trinajstić information content (AvgIpc) is 2.83. The van der Waals surface area contributed by atoms with Gasteiger partial charge in [0, 0.05) is 12.2 Å². The van der Waals surface area contributed by atoms with Crippen LogP contribution in [0.15, 0.2) is 55.1 Å². The van der Waals surface area contributed by atoms with Gasteiger partial charge in [0.15, 0.2) is 0 Å². The van der Waals surface area contributed by atoms with Crippen molar-refractivity contribution in [1.82, 2.24) is 10.2 Å². The molecule has 0 spiro atoms. The highest BCUT2D eigenvalue weighted by atomic mass is 16.6. The van der Waals surface area contributed by atoms with Crippen molar-refractivity contribution in [1.29, 1.82) is 0 Å². The minimum Gasteiger partial charge on any atom is -0.444 e. The van der Waals surface area contributed by atoms with Gasteiger partial charge < -0.3 is 20.3 Å². The second-order valence-electron chi connectivity index (χ2n) is 10.8. The molecule has 0 aromatic heterocycles. The second kappa shape index (κ2) is 13.3. The predicted octanol–water partition coefficient (Wildman–Crippen LogP) is 6.25. The zero-order valence-corrected chi connectivity index (χ0v) is 24.1. The van der Waals surface area contributed by atoms with Gasteiger partial charge in [0.25, 0.3) is 5.91 Å². The Kier molecular flexibility index (Phi) is 10.7. The topological polar surface area (TPSA) is 87.7 Å². The fourth-order valence-corrected chi connectivity index (χ4v) is 4.36. The van der Waals surface area contributed by atoms with Crippen molar-refractivity contribution >= 4 is 23.6 Å². The molecule has 0 aliphatic rings. The molecule has 0 radical (unpaired) electrons. The Hall–Kier alpha value is -3.61. The number of aryl methyl sites for hydroxylation is 3. The Morgan fingerprint density at radius 1 is 1.00 bits per heavy atom. The first-order valence-electron chi connectivity index (χ1n) is 13.1. The molecule has 7 nitrogen and oxygen atoms in total. The van der Waals surface area contributed by atoms with Crippen molar-refractivity contribution < 1.29 is 19.1 Å². The van der Waals surface area contributed by atoms with Crippen molar-refractivity contribution in [3.05, 3.63) is 77.4 Å². The summed E-state index contributed by atoms with van der Waals surface area (Å²) in [6.07, 6.45) is 1.56. The zero-order valence-electron chi connectivity index (χ0n) is 24.1. The largest absolute Gasteiger partial charge is 0.444 e. The van der Waals surface area contributed by atoms with Crippen LogP contribution in [0.3, 0.4) is 0 Å². The van der Waals surface area contributed by atoms with Crippen LogP contribution in [-0.2, 0) is 14.3 Å². The summed E-state index contributed by atoms with van der Waals surface area (Å²) < 4.78 is 5.46. The zero-order chi connectivity index (χ0) is 28.6. The predicted molar refractivity (Wildman–Crippen MR) is 153 cm³/mol. The average molecular weight is 522 g/mol. The van der Waals surface area contributed by atoms with E-state index in [0.29, 0.717) is 12.1 Å². The smallest absolute Gasteiger partial charge is 0.408 e. The lowest BCUT2D eigenvalue weighted by molar-refractivity contribution is -0.141. The van der Waals surface area contributed by atoms with Crippen molar-refractivity contribution in [2.45, 2.75) is 79.5 Å². The van der Waals surface area contributed by atoms with Gasteiger partial charge >= 0.3 is 6.09 Å². The molecule has 38 heavy (non-hydrogen) atoms. The van der Waals surface area contributed by atoms with Gasteiger partial charge in [0.2, 0.25) is 5.91 Å². The van der Waals surface area contributed by atoms with E-state index in [4.69, 9.17) is 4.74 Å². The lowest BCUT2D eigenvalue weighted by atomic mass is 9.92. The van der Waals surface area contributed by atoms with Crippen molar-refractivity contribution in [3.63, 3.8) is 0 Å². The van der Waals surface area contributed by atoms with Gasteiger partial charge in [-0.3, -0.25) is 9.59 Å². The number of benzene rings is 2. The van der Waals surface area contributed by atoms with Crippen molar-refractivity contribution in [2.24, 2.45) is 5.92 Å². The molecule has 0 aliphatic heterocycles. The van der Waals surface area contributed by atoms with Gasteiger partial charge in [-0.15, -0.1) is 6.58 Å². The van der Waals surface area contributed by atoms with Crippen LogP contribution >= 0.6 is 0 Å². The maximum atomic E-state index is 14.2. The van der Waals surface area contributed by atoms with Crippen LogP contribution in [0.25, 0.3) is 0 Å². The van der Waals surface area contributed by atoms with Crippen LogP contribution in [0, 0.1) is 26.7 Å². The highest BCUT2D eigenvalue weighted by Crippen LogP contribution is 2.31. The second-order valence-corrected chi connectivity index (χ2v) is 10.8. The van der Waals surface area contributed by atoms with E-state index in [1.807, 2.05) is 77.1 Å². The molecule has 3 amide bonds. The molecule has 0 fully saturated rings. The van der Waals surface area contributed by atoms with E-state index in [2.05, 4.69) is 17.2 Å². The Morgan fingerprint density at radius 3 is 2.11 bits per heavy atom. The maximum Gasteiger partial charge on any atom is 0.408 e. The molecular weight excluding hydrogens is 478 g/mol. The summed E-state index contributed by atoms with van der Waals surface area (Å²) in [6, 6.07) is 11.4. The lowest BCUT2D eigenvalue weighted by Gasteiger charge is -2.36. The molecule has 2 N–H and O–H groups in total. The molecule has 7 heteroatoms. The van der Waals surface area contributed by atoms with E-state index in [1.165, 1.54) is 4.90 Å². The van der Waals surface area contributed by atoms with Gasteiger partial charge in [-0.25, -0.2) is 4.79 Å². The van der Waals surface area contributed by atoms with E-state index >= 15 is 0 Å². The first-order valence-corrected chi connectivity index (χ1v) is 13.1. The first-order chi connectivity index (χ1) is 17.8. The number of hydrogen-bond donors (Lipinski definition) is 2. The van der Waals surface area contributed by atoms with E-state index in [-0.39, 0.29) is 24.3 Å². The highest BCUT2D eigenvalue weighted by molar-refractivity contribution is 6.00. The SMILES string of the molecule is C=CCN(C(=O)C(NC(=O)OC(C)(C)C)C(C)CC)C(C(=O)Nc1ccccc1C)c1c(C)cccc1C. The van der Waals surface area contributed by atoms with E-state index in [0.717, 1.165) is 22.3 Å². The van der Waals surface area contributed by atoms with Crippen LogP contribution in [0.4, 0.5) is 10.5 Å². The number of anilines is 1. The number of nitrogens with zero attached hydrogens (tertiary/aromatic N) is 1. The first kappa shape index (κ1) is 30.6. The quantitative estimate of drug-likeness (QED) is 0.362. The third kappa shape index (κ3) is 7.94. The number of hydrogen-bond acceptors (Lipinski definition) is 4. The number of ether oxygens (including phenoxy) is 1. The van der Waals surface area contributed by atoms with E-state index < -0.39 is 23.8 Å². The molecule has 3 atom stereocenters. The van der Waals surface area contributed by atoms with Crippen molar-refractivity contribution in [2.75, 3.05) is 11.9 Å². The van der Waals surface area contributed by atoms with Crippen molar-refractivity contribution in [3.8, 4) is 0 Å². The van der Waals surface area contributed by atoms with Crippen LogP contribution in [0.5, 0.6) is 0 Å². The van der Waals surface area contributed by atoms with Crippen LogP contribution in [0.1, 0.15) is 69.3 Å². The minimum atomic E-state index is -0.951. The molecule has 206 valence electrons. The van der Waals surface area contributed by atoms with E-state index in [1.54, 1.807) is 26.8 Å². The van der Waals surface area contributed by atoms with Crippen LogP contribution in [0.2, 0.25) is 0 Å². The Bertz CT molecular complexity index is 1130. The van der Waals surface area contributed by atoms with Gasteiger partial charge in [-0.05, 0) is 75.8 Å². The molecule has 0 heterocycles. The Morgan fingerprint density at radius 2 is 1.58 bits per heavy atom. The molecule has 0 bridgehead atoms. The summed E-state index contributed by atoms with van der Waals surface area (Å²) in [5, 5.41) is 5.81. The summed E-state index contributed by atoms with van der Waals surface area (Å²) in [6.45, 7) is 18.9. The third-order valence-corrected chi connectivity index (χ3v) is 6.54. The summed E-state index contributed by atoms with van der Waals surface area (Å²) in [4.78, 5) is 42.5. The molecule has 0 aliphatic carbocycles. The van der Waals surface area contributed by atoms with Gasteiger partial charge in [-0.2, -0.15) is 0 Å². The molecule has 2 aromatic carbocycles. The number of carbonyl (C=O) groups is 3. The highest BCUT2D eigenvalue weighted by Gasteiger charge is 2.38. The number of carbonyl (C=O) groups excluding carboxylic acids is 3. The van der Waals surface area contributed by atoms with E-state index in [9.17, 15) is 14.4 Å². The maximum absolute atomic E-state index is 14.2. The summed E-state index contributed by atoms with van der Waals surface area (Å²) >= 11 is 0. The molecule has 2 rings (SSSR count). The van der Waals surface area contributed by atoms with Gasteiger partial charge in [0.05, 0.1) is 0 Å². The van der Waals surface area contributed by atoms with Crippen LogP contribution in [-0.4, -0.2) is 41.0 Å². The third-order valence-electron chi connectivity index (χ3n) is 6.54. The molecule has 0 saturated carbocycles. The summed E-state index contributed by atoms with van der Waals surface area (Å²) in [5.41, 5.74) is 3.38. The lowest BCUT2D eigenvalue weighted by Crippen LogP contribution is -2.55. The van der Waals surface area contributed by atoms with Gasteiger partial charge in [-0.1, -0.05) is 62.7 Å². The monoisotopic (exact) mass is 521 g/mol. The van der Waals surface area contributed by atoms with Crippen LogP contribution < -0.4 is 10.6 Å². The Labute approximate surface area is 227 Å². The molecule has 0 saturated heterocycles. The minimum absolute atomic E-state index is 0.112. The number of para-hydroxylation sites is 1. The number of amides is 3. The molecule has 2 aromatic rings. The number of alkyl carbamates (subject to hydrolysis) is 1. The molecule has 3 unspecified atom stereocenters. The standard InChI is InChI=1S/C31H43N3O4/c1-10-19-34(29(36)26(20(3)11-2)33-30(37)38-31(7,8)9)27(25-22(5)16-14-17-23(25)6)28(35)32-24-18-13-12-15-21(24)4/h10,12-18,20,26-27H,1,11,19H2,2-9H3,(H,32,35)(H,33,37). The fourth-order valence-electron chi connectivity index (χ4n) is 4.36. The fraction of sp³-hybridized carbons (Fsp3) is 0.452. The summed E-state index contributed by atoms with van der Waals surface area (Å²) in [5.74, 6) is -0.926. The molecular formula is C31H43N3O4. The van der Waals surface area contributed by atoms with Gasteiger partial charge in [0.1, 0.15) is 17.7 Å².